The molecule has 0 fully saturated rings. The second-order valence-corrected chi connectivity index (χ2v) is 4.29. The van der Waals surface area contributed by atoms with E-state index < -0.39 is 29.4 Å². The van der Waals surface area contributed by atoms with E-state index in [4.69, 9.17) is 16.7 Å². The van der Waals surface area contributed by atoms with Gasteiger partial charge in [0.05, 0.1) is 16.5 Å². The van der Waals surface area contributed by atoms with Crippen LogP contribution in [0.5, 0.6) is 0 Å². The van der Waals surface area contributed by atoms with Crippen LogP contribution in [0.25, 0.3) is 0 Å². The molecule has 1 rings (SSSR count). The number of benzene rings is 1. The van der Waals surface area contributed by atoms with Crippen molar-refractivity contribution in [2.75, 3.05) is 0 Å². The molecule has 0 aromatic heterocycles. The van der Waals surface area contributed by atoms with Crippen LogP contribution in [0.3, 0.4) is 0 Å². The van der Waals surface area contributed by atoms with Gasteiger partial charge >= 0.3 is 5.97 Å². The van der Waals surface area contributed by atoms with E-state index in [9.17, 15) is 14.0 Å². The molecule has 1 aromatic carbocycles. The molecule has 0 amide bonds. The van der Waals surface area contributed by atoms with Gasteiger partial charge in [-0.1, -0.05) is 31.5 Å². The molecule has 0 saturated carbocycles. The third-order valence-corrected chi connectivity index (χ3v) is 3.06. The number of carbonyl (C=O) groups is 2. The van der Waals surface area contributed by atoms with Crippen molar-refractivity contribution in [1.29, 1.82) is 0 Å². The maximum absolute atomic E-state index is 13.6. The molecule has 1 aromatic rings. The van der Waals surface area contributed by atoms with Gasteiger partial charge in [-0.3, -0.25) is 9.59 Å². The molecule has 0 aliphatic heterocycles. The van der Waals surface area contributed by atoms with E-state index in [-0.39, 0.29) is 10.6 Å². The van der Waals surface area contributed by atoms with Crippen LogP contribution in [-0.4, -0.2) is 16.9 Å². The van der Waals surface area contributed by atoms with Crippen molar-refractivity contribution in [2.24, 2.45) is 11.8 Å². The summed E-state index contributed by atoms with van der Waals surface area (Å²) in [5, 5.41) is 8.65. The number of carboxylic acids is 1. The van der Waals surface area contributed by atoms with Crippen LogP contribution in [0.1, 0.15) is 24.2 Å². The third kappa shape index (κ3) is 2.82. The zero-order valence-corrected chi connectivity index (χ0v) is 10.2. The van der Waals surface area contributed by atoms with Gasteiger partial charge in [0.1, 0.15) is 0 Å². The first kappa shape index (κ1) is 13.6. The Morgan fingerprint density at radius 1 is 1.29 bits per heavy atom. The fourth-order valence-electron chi connectivity index (χ4n) is 1.38. The van der Waals surface area contributed by atoms with Crippen molar-refractivity contribution in [2.45, 2.75) is 13.8 Å². The molecular formula is C12H12ClFO3. The fraction of sp³-hybridized carbons (Fsp3) is 0.333. The van der Waals surface area contributed by atoms with Crippen molar-refractivity contribution in [3.8, 4) is 0 Å². The van der Waals surface area contributed by atoms with Gasteiger partial charge in [0.2, 0.25) is 0 Å². The molecule has 0 spiro atoms. The molecule has 0 aliphatic rings. The number of aliphatic carboxylic acids is 1. The summed E-state index contributed by atoms with van der Waals surface area (Å²) in [4.78, 5) is 22.7. The number of carboxylic acid groups (broad SMARTS) is 1. The zero-order valence-electron chi connectivity index (χ0n) is 9.41. The van der Waals surface area contributed by atoms with Crippen molar-refractivity contribution in [1.82, 2.24) is 0 Å². The lowest BCUT2D eigenvalue weighted by molar-refractivity contribution is -0.142. The molecule has 17 heavy (non-hydrogen) atoms. The first-order chi connectivity index (χ1) is 7.86. The highest BCUT2D eigenvalue weighted by Crippen LogP contribution is 2.23. The molecule has 0 heterocycles. The van der Waals surface area contributed by atoms with Crippen LogP contribution in [-0.2, 0) is 4.79 Å². The first-order valence-electron chi connectivity index (χ1n) is 5.07. The van der Waals surface area contributed by atoms with Gasteiger partial charge in [0.15, 0.2) is 11.6 Å². The zero-order chi connectivity index (χ0) is 13.2. The Morgan fingerprint density at radius 3 is 2.41 bits per heavy atom. The average Bonchev–Trinajstić information content (AvgIpc) is 2.29. The van der Waals surface area contributed by atoms with Crippen LogP contribution in [0.15, 0.2) is 18.2 Å². The Bertz CT molecular complexity index is 459. The van der Waals surface area contributed by atoms with E-state index in [0.717, 1.165) is 0 Å². The second kappa shape index (κ2) is 5.27. The van der Waals surface area contributed by atoms with E-state index in [0.29, 0.717) is 0 Å². The molecule has 0 radical (unpaired) electrons. The normalized spacial score (nSPS) is 14.1. The minimum absolute atomic E-state index is 0.147. The number of halogens is 2. The van der Waals surface area contributed by atoms with Crippen LogP contribution in [0.2, 0.25) is 5.02 Å². The number of ketones is 1. The summed E-state index contributed by atoms with van der Waals surface area (Å²) in [7, 11) is 0. The second-order valence-electron chi connectivity index (χ2n) is 3.88. The Balaban J connectivity index is 3.05. The Hall–Kier alpha value is -1.42. The van der Waals surface area contributed by atoms with Gasteiger partial charge in [-0.05, 0) is 12.1 Å². The van der Waals surface area contributed by atoms with Gasteiger partial charge in [-0.25, -0.2) is 4.39 Å². The largest absolute Gasteiger partial charge is 0.481 e. The Morgan fingerprint density at radius 2 is 1.88 bits per heavy atom. The maximum Gasteiger partial charge on any atom is 0.306 e. The monoisotopic (exact) mass is 258 g/mol. The highest BCUT2D eigenvalue weighted by molar-refractivity contribution is 6.31. The lowest BCUT2D eigenvalue weighted by Crippen LogP contribution is -2.26. The summed E-state index contributed by atoms with van der Waals surface area (Å²) in [6.07, 6.45) is 0. The van der Waals surface area contributed by atoms with Crippen LogP contribution in [0.4, 0.5) is 4.39 Å². The molecule has 0 saturated heterocycles. The summed E-state index contributed by atoms with van der Waals surface area (Å²) >= 11 is 5.56. The standard InChI is InChI=1S/C12H12ClFO3/c1-6(7(2)12(16)17)11(15)8-4-3-5-9(13)10(8)14/h3-7H,1-2H3,(H,16,17). The highest BCUT2D eigenvalue weighted by atomic mass is 35.5. The van der Waals surface area contributed by atoms with Gasteiger partial charge in [0, 0.05) is 5.92 Å². The van der Waals surface area contributed by atoms with E-state index >= 15 is 0 Å². The van der Waals surface area contributed by atoms with Gasteiger partial charge in [0.25, 0.3) is 0 Å². The number of Topliss-reactive ketones (excluding diaryl/α,β-unsaturated/α-hetero) is 1. The van der Waals surface area contributed by atoms with E-state index in [2.05, 4.69) is 0 Å². The fourth-order valence-corrected chi connectivity index (χ4v) is 1.55. The minimum Gasteiger partial charge on any atom is -0.481 e. The molecule has 3 nitrogen and oxygen atoms in total. The summed E-state index contributed by atoms with van der Waals surface area (Å²) in [6.45, 7) is 2.87. The van der Waals surface area contributed by atoms with Gasteiger partial charge in [-0.2, -0.15) is 0 Å². The van der Waals surface area contributed by atoms with Gasteiger partial charge < -0.3 is 5.11 Å². The molecule has 2 unspecified atom stereocenters. The average molecular weight is 259 g/mol. The lowest BCUT2D eigenvalue weighted by Gasteiger charge is -2.15. The maximum atomic E-state index is 13.6. The topological polar surface area (TPSA) is 54.4 Å². The Kier molecular flexibility index (Phi) is 4.23. The summed E-state index contributed by atoms with van der Waals surface area (Å²) in [5.74, 6) is -4.13. The number of rotatable bonds is 4. The SMILES string of the molecule is CC(C(=O)O)C(C)C(=O)c1cccc(Cl)c1F. The molecule has 5 heteroatoms. The van der Waals surface area contributed by atoms with Crippen LogP contribution in [0, 0.1) is 17.7 Å². The van der Waals surface area contributed by atoms with Crippen molar-refractivity contribution in [3.63, 3.8) is 0 Å². The highest BCUT2D eigenvalue weighted by Gasteiger charge is 2.28. The van der Waals surface area contributed by atoms with Crippen molar-refractivity contribution >= 4 is 23.4 Å². The first-order valence-corrected chi connectivity index (χ1v) is 5.45. The number of carbonyl (C=O) groups excluding carboxylic acids is 1. The predicted molar refractivity (Wildman–Crippen MR) is 61.7 cm³/mol. The van der Waals surface area contributed by atoms with Crippen molar-refractivity contribution < 1.29 is 19.1 Å². The van der Waals surface area contributed by atoms with Crippen LogP contribution >= 0.6 is 11.6 Å². The van der Waals surface area contributed by atoms with Crippen LogP contribution < -0.4 is 0 Å². The molecule has 92 valence electrons. The van der Waals surface area contributed by atoms with Gasteiger partial charge in [-0.15, -0.1) is 0 Å². The molecule has 0 aliphatic carbocycles. The van der Waals surface area contributed by atoms with Crippen molar-refractivity contribution in [3.05, 3.63) is 34.6 Å². The van der Waals surface area contributed by atoms with E-state index in [1.54, 1.807) is 0 Å². The molecule has 2 atom stereocenters. The number of hydrogen-bond donors (Lipinski definition) is 1. The van der Waals surface area contributed by atoms with E-state index in [1.807, 2.05) is 0 Å². The predicted octanol–water partition coefficient (Wildman–Crippen LogP) is 3.02. The quantitative estimate of drug-likeness (QED) is 0.845. The summed E-state index contributed by atoms with van der Waals surface area (Å²) in [5.41, 5.74) is -0.168. The smallest absolute Gasteiger partial charge is 0.306 e. The minimum atomic E-state index is -1.09. The summed E-state index contributed by atoms with van der Waals surface area (Å²) < 4.78 is 13.6. The van der Waals surface area contributed by atoms with E-state index in [1.165, 1.54) is 32.0 Å². The lowest BCUT2D eigenvalue weighted by atomic mass is 9.88. The molecule has 1 N–H and O–H groups in total. The third-order valence-electron chi connectivity index (χ3n) is 2.77. The molecule has 0 bridgehead atoms. The molecular weight excluding hydrogens is 247 g/mol. The summed E-state index contributed by atoms with van der Waals surface area (Å²) in [6, 6.07) is 4.09. The Labute approximate surface area is 103 Å². The number of hydrogen-bond acceptors (Lipinski definition) is 2.